The Balaban J connectivity index is 2.06. The molecule has 2 rings (SSSR count). The molecule has 104 valence electrons. The molecule has 1 unspecified atom stereocenters. The summed E-state index contributed by atoms with van der Waals surface area (Å²) in [6, 6.07) is -0.143. The summed E-state index contributed by atoms with van der Waals surface area (Å²) >= 11 is 0. The van der Waals surface area contributed by atoms with E-state index in [4.69, 9.17) is 0 Å². The Morgan fingerprint density at radius 3 is 2.74 bits per heavy atom. The molecule has 0 aliphatic carbocycles. The predicted molar refractivity (Wildman–Crippen MR) is 74.5 cm³/mol. The predicted octanol–water partition coefficient (Wildman–Crippen LogP) is 1.78. The van der Waals surface area contributed by atoms with E-state index < -0.39 is 0 Å². The fourth-order valence-electron chi connectivity index (χ4n) is 2.88. The summed E-state index contributed by atoms with van der Waals surface area (Å²) in [6.07, 6.45) is 7.55. The Morgan fingerprint density at radius 1 is 1.32 bits per heavy atom. The second kappa shape index (κ2) is 6.15. The first-order valence-electron chi connectivity index (χ1n) is 7.08. The van der Waals surface area contributed by atoms with E-state index in [0.29, 0.717) is 12.8 Å². The molecule has 2 aliphatic rings. The van der Waals surface area contributed by atoms with Crippen molar-refractivity contribution in [1.29, 1.82) is 0 Å². The van der Waals surface area contributed by atoms with Gasteiger partial charge in [0, 0.05) is 19.5 Å². The van der Waals surface area contributed by atoms with Crippen molar-refractivity contribution in [2.75, 3.05) is 13.1 Å². The molecular formula is C15H22N2O2. The smallest absolute Gasteiger partial charge is 0.243 e. The van der Waals surface area contributed by atoms with E-state index in [1.807, 2.05) is 6.92 Å². The first kappa shape index (κ1) is 14.0. The van der Waals surface area contributed by atoms with Gasteiger partial charge in [0.1, 0.15) is 0 Å². The fraction of sp³-hybridized carbons (Fsp3) is 0.600. The molecule has 0 radical (unpaired) electrons. The zero-order valence-corrected chi connectivity index (χ0v) is 11.7. The molecule has 0 saturated carbocycles. The Hall–Kier alpha value is -1.42. The van der Waals surface area contributed by atoms with Gasteiger partial charge in [0.2, 0.25) is 11.8 Å². The third kappa shape index (κ3) is 3.13. The lowest BCUT2D eigenvalue weighted by Gasteiger charge is -2.37. The van der Waals surface area contributed by atoms with Crippen LogP contribution in [0.5, 0.6) is 0 Å². The molecule has 1 atom stereocenters. The van der Waals surface area contributed by atoms with Gasteiger partial charge in [-0.05, 0) is 37.3 Å². The molecule has 0 bridgehead atoms. The number of hydrogen-bond donors (Lipinski definition) is 1. The molecule has 2 amide bonds. The molecule has 19 heavy (non-hydrogen) atoms. The van der Waals surface area contributed by atoms with Crippen LogP contribution in [0.1, 0.15) is 39.5 Å². The van der Waals surface area contributed by atoms with E-state index >= 15 is 0 Å². The minimum atomic E-state index is -0.143. The van der Waals surface area contributed by atoms with Crippen LogP contribution in [0.4, 0.5) is 0 Å². The van der Waals surface area contributed by atoms with Crippen LogP contribution in [0.15, 0.2) is 23.3 Å². The molecule has 2 heterocycles. The van der Waals surface area contributed by atoms with Gasteiger partial charge in [0.05, 0.1) is 6.04 Å². The summed E-state index contributed by atoms with van der Waals surface area (Å²) in [7, 11) is 0. The molecule has 4 nitrogen and oxygen atoms in total. The summed E-state index contributed by atoms with van der Waals surface area (Å²) in [4.78, 5) is 25.3. The third-order valence-electron chi connectivity index (χ3n) is 3.90. The van der Waals surface area contributed by atoms with Crippen molar-refractivity contribution in [1.82, 2.24) is 10.2 Å². The zero-order valence-electron chi connectivity index (χ0n) is 11.7. The third-order valence-corrected chi connectivity index (χ3v) is 3.90. The standard InChI is InChI=1S/C15H22N2O2/c1-3-5-12-8-9-17(10-11(12)4-2)13-6-7-14(18)16-15(13)19/h4-5,13H,3,6-10H2,1-2H3,(H,16,18,19)/b11-4-,12-5-. The van der Waals surface area contributed by atoms with Crippen LogP contribution in [0, 0.1) is 0 Å². The Morgan fingerprint density at radius 2 is 2.11 bits per heavy atom. The highest BCUT2D eigenvalue weighted by Gasteiger charge is 2.33. The largest absolute Gasteiger partial charge is 0.295 e. The van der Waals surface area contributed by atoms with Gasteiger partial charge in [-0.25, -0.2) is 0 Å². The van der Waals surface area contributed by atoms with Gasteiger partial charge < -0.3 is 0 Å². The highest BCUT2D eigenvalue weighted by atomic mass is 16.2. The molecule has 0 aromatic heterocycles. The van der Waals surface area contributed by atoms with Gasteiger partial charge in [0.25, 0.3) is 0 Å². The van der Waals surface area contributed by atoms with Crippen LogP contribution in [0.2, 0.25) is 0 Å². The SMILES string of the molecule is C/C=C1/CN(C2CCC(=O)NC2=O)CC/C1=C/CC. The molecule has 2 aliphatic heterocycles. The van der Waals surface area contributed by atoms with Crippen LogP contribution < -0.4 is 5.32 Å². The summed E-state index contributed by atoms with van der Waals surface area (Å²) < 4.78 is 0. The number of piperidine rings is 2. The van der Waals surface area contributed by atoms with Crippen LogP contribution in [0.25, 0.3) is 0 Å². The summed E-state index contributed by atoms with van der Waals surface area (Å²) in [6.45, 7) is 5.91. The van der Waals surface area contributed by atoms with Crippen molar-refractivity contribution < 1.29 is 9.59 Å². The van der Waals surface area contributed by atoms with Crippen LogP contribution in [-0.2, 0) is 9.59 Å². The van der Waals surface area contributed by atoms with E-state index in [0.717, 1.165) is 25.9 Å². The second-order valence-corrected chi connectivity index (χ2v) is 5.14. The van der Waals surface area contributed by atoms with Gasteiger partial charge in [-0.2, -0.15) is 0 Å². The Bertz CT molecular complexity index is 437. The number of carbonyl (C=O) groups is 2. The summed E-state index contributed by atoms with van der Waals surface area (Å²) in [5, 5.41) is 2.44. The highest BCUT2D eigenvalue weighted by molar-refractivity contribution is 6.00. The number of likely N-dealkylation sites (tertiary alicyclic amines) is 1. The Kier molecular flexibility index (Phi) is 4.53. The first-order chi connectivity index (χ1) is 9.15. The number of carbonyl (C=O) groups excluding carboxylic acids is 2. The zero-order chi connectivity index (χ0) is 13.8. The normalized spacial score (nSPS) is 29.9. The van der Waals surface area contributed by atoms with Gasteiger partial charge in [-0.15, -0.1) is 0 Å². The molecule has 0 spiro atoms. The molecular weight excluding hydrogens is 240 g/mol. The van der Waals surface area contributed by atoms with Gasteiger partial charge in [0.15, 0.2) is 0 Å². The van der Waals surface area contributed by atoms with Gasteiger partial charge >= 0.3 is 0 Å². The van der Waals surface area contributed by atoms with Crippen molar-refractivity contribution in [2.45, 2.75) is 45.6 Å². The monoisotopic (exact) mass is 262 g/mol. The fourth-order valence-corrected chi connectivity index (χ4v) is 2.88. The van der Waals surface area contributed by atoms with Crippen molar-refractivity contribution >= 4 is 11.8 Å². The van der Waals surface area contributed by atoms with E-state index in [1.54, 1.807) is 0 Å². The first-order valence-corrected chi connectivity index (χ1v) is 7.08. The number of imide groups is 1. The second-order valence-electron chi connectivity index (χ2n) is 5.14. The summed E-state index contributed by atoms with van der Waals surface area (Å²) in [5.41, 5.74) is 2.73. The molecule has 1 N–H and O–H groups in total. The molecule has 4 heteroatoms. The molecule has 0 aromatic rings. The average Bonchev–Trinajstić information content (AvgIpc) is 2.40. The minimum Gasteiger partial charge on any atom is -0.295 e. The van der Waals surface area contributed by atoms with Crippen LogP contribution >= 0.6 is 0 Å². The molecule has 2 fully saturated rings. The number of allylic oxidation sites excluding steroid dienone is 2. The maximum Gasteiger partial charge on any atom is 0.243 e. The van der Waals surface area contributed by atoms with Crippen molar-refractivity contribution in [2.24, 2.45) is 0 Å². The van der Waals surface area contributed by atoms with E-state index in [-0.39, 0.29) is 17.9 Å². The molecule has 2 saturated heterocycles. The van der Waals surface area contributed by atoms with Crippen molar-refractivity contribution in [3.63, 3.8) is 0 Å². The number of nitrogens with one attached hydrogen (secondary N) is 1. The maximum absolute atomic E-state index is 11.9. The number of amides is 2. The van der Waals surface area contributed by atoms with E-state index in [1.165, 1.54) is 11.1 Å². The van der Waals surface area contributed by atoms with Crippen LogP contribution in [-0.4, -0.2) is 35.8 Å². The van der Waals surface area contributed by atoms with E-state index in [9.17, 15) is 9.59 Å². The molecule has 0 aromatic carbocycles. The topological polar surface area (TPSA) is 49.4 Å². The number of nitrogens with zero attached hydrogens (tertiary/aromatic N) is 1. The lowest BCUT2D eigenvalue weighted by Crippen LogP contribution is -2.54. The van der Waals surface area contributed by atoms with Crippen molar-refractivity contribution in [3.05, 3.63) is 23.3 Å². The van der Waals surface area contributed by atoms with E-state index in [2.05, 4.69) is 29.3 Å². The van der Waals surface area contributed by atoms with Gasteiger partial charge in [-0.3, -0.25) is 19.8 Å². The van der Waals surface area contributed by atoms with Crippen LogP contribution in [0.3, 0.4) is 0 Å². The number of rotatable bonds is 2. The maximum atomic E-state index is 11.9. The average molecular weight is 262 g/mol. The highest BCUT2D eigenvalue weighted by Crippen LogP contribution is 2.26. The van der Waals surface area contributed by atoms with Crippen molar-refractivity contribution in [3.8, 4) is 0 Å². The lowest BCUT2D eigenvalue weighted by molar-refractivity contribution is -0.137. The Labute approximate surface area is 114 Å². The quantitative estimate of drug-likeness (QED) is 0.772. The number of hydrogen-bond acceptors (Lipinski definition) is 3. The lowest BCUT2D eigenvalue weighted by atomic mass is 9.93. The van der Waals surface area contributed by atoms with Gasteiger partial charge in [-0.1, -0.05) is 19.1 Å². The summed E-state index contributed by atoms with van der Waals surface area (Å²) in [5.74, 6) is -0.272. The minimum absolute atomic E-state index is 0.130.